The van der Waals surface area contributed by atoms with Crippen molar-refractivity contribution < 1.29 is 14.3 Å². The molecule has 0 radical (unpaired) electrons. The van der Waals surface area contributed by atoms with E-state index in [2.05, 4.69) is 6.07 Å². The van der Waals surface area contributed by atoms with Crippen molar-refractivity contribution in [3.05, 3.63) is 58.7 Å². The van der Waals surface area contributed by atoms with Gasteiger partial charge in [0.05, 0.1) is 20.3 Å². The Kier molecular flexibility index (Phi) is 4.98. The molecule has 2 aromatic rings. The number of aryl methyl sites for hydroxylation is 2. The van der Waals surface area contributed by atoms with E-state index in [1.807, 2.05) is 49.1 Å². The summed E-state index contributed by atoms with van der Waals surface area (Å²) in [6.07, 6.45) is 1.94. The zero-order valence-electron chi connectivity index (χ0n) is 15.3. The van der Waals surface area contributed by atoms with Crippen molar-refractivity contribution in [2.24, 2.45) is 0 Å². The molecule has 0 saturated carbocycles. The van der Waals surface area contributed by atoms with Crippen LogP contribution in [0.3, 0.4) is 0 Å². The summed E-state index contributed by atoms with van der Waals surface area (Å²) in [5, 5.41) is 0. The molecule has 1 fully saturated rings. The van der Waals surface area contributed by atoms with Crippen LogP contribution in [0, 0.1) is 13.8 Å². The van der Waals surface area contributed by atoms with Crippen molar-refractivity contribution >= 4 is 5.91 Å². The number of carbonyl (C=O) groups is 1. The molecule has 4 nitrogen and oxygen atoms in total. The second kappa shape index (κ2) is 7.18. The van der Waals surface area contributed by atoms with Crippen LogP contribution < -0.4 is 9.47 Å². The number of rotatable bonds is 4. The minimum atomic E-state index is 0.0363. The third-order valence-electron chi connectivity index (χ3n) is 4.78. The number of benzene rings is 2. The van der Waals surface area contributed by atoms with Crippen LogP contribution in [0.15, 0.2) is 36.4 Å². The van der Waals surface area contributed by atoms with Gasteiger partial charge in [0.15, 0.2) is 0 Å². The van der Waals surface area contributed by atoms with Gasteiger partial charge in [-0.15, -0.1) is 0 Å². The van der Waals surface area contributed by atoms with Crippen LogP contribution >= 0.6 is 0 Å². The van der Waals surface area contributed by atoms with Gasteiger partial charge in [0.2, 0.25) is 0 Å². The predicted molar refractivity (Wildman–Crippen MR) is 98.5 cm³/mol. The minimum absolute atomic E-state index is 0.0363. The highest BCUT2D eigenvalue weighted by molar-refractivity contribution is 5.95. The number of ether oxygens (including phenoxy) is 2. The Labute approximate surface area is 149 Å². The Hall–Kier alpha value is -2.49. The SMILES string of the molecule is COc1ccc(C2CCCN2C(=O)c2cc(C)cc(C)c2)c(OC)c1. The maximum atomic E-state index is 13.1. The zero-order valence-corrected chi connectivity index (χ0v) is 15.3. The number of nitrogens with zero attached hydrogens (tertiary/aromatic N) is 1. The van der Waals surface area contributed by atoms with Crippen LogP contribution in [0.4, 0.5) is 0 Å². The standard InChI is InChI=1S/C21H25NO3/c1-14-10-15(2)12-16(11-14)21(23)22-9-5-6-19(22)18-8-7-17(24-3)13-20(18)25-4/h7-8,10-13,19H,5-6,9H2,1-4H3. The Bertz CT molecular complexity index is 764. The number of amides is 1. The summed E-state index contributed by atoms with van der Waals surface area (Å²) >= 11 is 0. The van der Waals surface area contributed by atoms with E-state index in [0.717, 1.165) is 53.1 Å². The predicted octanol–water partition coefficient (Wildman–Crippen LogP) is 4.30. The topological polar surface area (TPSA) is 38.8 Å². The van der Waals surface area contributed by atoms with Crippen molar-refractivity contribution in [1.29, 1.82) is 0 Å². The molecule has 0 spiro atoms. The summed E-state index contributed by atoms with van der Waals surface area (Å²) in [6.45, 7) is 4.82. The molecular weight excluding hydrogens is 314 g/mol. The van der Waals surface area contributed by atoms with Gasteiger partial charge in [-0.2, -0.15) is 0 Å². The average Bonchev–Trinajstić information content (AvgIpc) is 3.09. The fourth-order valence-corrected chi connectivity index (χ4v) is 3.69. The average molecular weight is 339 g/mol. The number of methoxy groups -OCH3 is 2. The molecule has 3 rings (SSSR count). The molecule has 1 aliphatic heterocycles. The lowest BCUT2D eigenvalue weighted by Crippen LogP contribution is -2.30. The lowest BCUT2D eigenvalue weighted by molar-refractivity contribution is 0.0734. The molecule has 132 valence electrons. The molecule has 0 aliphatic carbocycles. The molecule has 1 amide bonds. The molecule has 25 heavy (non-hydrogen) atoms. The van der Waals surface area contributed by atoms with E-state index >= 15 is 0 Å². The van der Waals surface area contributed by atoms with Gasteiger partial charge in [0.25, 0.3) is 5.91 Å². The summed E-state index contributed by atoms with van der Waals surface area (Å²) in [5.74, 6) is 1.61. The fourth-order valence-electron chi connectivity index (χ4n) is 3.69. The van der Waals surface area contributed by atoms with E-state index in [9.17, 15) is 4.79 Å². The van der Waals surface area contributed by atoms with Gasteiger partial charge in [0, 0.05) is 23.7 Å². The molecular formula is C21H25NO3. The van der Waals surface area contributed by atoms with Crippen molar-refractivity contribution in [1.82, 2.24) is 4.90 Å². The number of hydrogen-bond donors (Lipinski definition) is 0. The second-order valence-corrected chi connectivity index (χ2v) is 6.64. The number of likely N-dealkylation sites (tertiary alicyclic amines) is 1. The zero-order chi connectivity index (χ0) is 18.0. The summed E-state index contributed by atoms with van der Waals surface area (Å²) < 4.78 is 10.8. The molecule has 1 heterocycles. The molecule has 1 aliphatic rings. The largest absolute Gasteiger partial charge is 0.497 e. The quantitative estimate of drug-likeness (QED) is 0.834. The first-order valence-corrected chi connectivity index (χ1v) is 8.64. The van der Waals surface area contributed by atoms with Gasteiger partial charge >= 0.3 is 0 Å². The monoisotopic (exact) mass is 339 g/mol. The third-order valence-corrected chi connectivity index (χ3v) is 4.78. The minimum Gasteiger partial charge on any atom is -0.497 e. The van der Waals surface area contributed by atoms with Gasteiger partial charge < -0.3 is 14.4 Å². The van der Waals surface area contributed by atoms with Gasteiger partial charge in [-0.3, -0.25) is 4.79 Å². The molecule has 0 bridgehead atoms. The van der Waals surface area contributed by atoms with E-state index in [1.165, 1.54) is 0 Å². The van der Waals surface area contributed by atoms with Crippen LogP contribution in [0.1, 0.15) is 45.9 Å². The summed E-state index contributed by atoms with van der Waals surface area (Å²) in [7, 11) is 3.29. The van der Waals surface area contributed by atoms with Gasteiger partial charge in [-0.25, -0.2) is 0 Å². The number of hydrogen-bond acceptors (Lipinski definition) is 3. The maximum absolute atomic E-state index is 13.1. The van der Waals surface area contributed by atoms with Crippen molar-refractivity contribution in [3.8, 4) is 11.5 Å². The molecule has 1 saturated heterocycles. The van der Waals surface area contributed by atoms with Crippen LogP contribution in [0.2, 0.25) is 0 Å². The summed E-state index contributed by atoms with van der Waals surface area (Å²) in [6, 6.07) is 11.9. The molecule has 1 unspecified atom stereocenters. The summed E-state index contributed by atoms with van der Waals surface area (Å²) in [4.78, 5) is 15.1. The first-order valence-electron chi connectivity index (χ1n) is 8.64. The van der Waals surface area contributed by atoms with Gasteiger partial charge in [-0.05, 0) is 51.0 Å². The van der Waals surface area contributed by atoms with E-state index in [1.54, 1.807) is 14.2 Å². The Morgan fingerprint density at radius 3 is 2.40 bits per heavy atom. The van der Waals surface area contributed by atoms with Crippen molar-refractivity contribution in [3.63, 3.8) is 0 Å². The van der Waals surface area contributed by atoms with E-state index in [-0.39, 0.29) is 11.9 Å². The van der Waals surface area contributed by atoms with Crippen LogP contribution in [0.5, 0.6) is 11.5 Å². The van der Waals surface area contributed by atoms with E-state index < -0.39 is 0 Å². The highest BCUT2D eigenvalue weighted by Gasteiger charge is 2.32. The fraction of sp³-hybridized carbons (Fsp3) is 0.381. The second-order valence-electron chi connectivity index (χ2n) is 6.64. The Morgan fingerprint density at radius 1 is 1.04 bits per heavy atom. The van der Waals surface area contributed by atoms with Crippen molar-refractivity contribution in [2.75, 3.05) is 20.8 Å². The lowest BCUT2D eigenvalue weighted by atomic mass is 10.0. The first kappa shape index (κ1) is 17.3. The molecule has 0 N–H and O–H groups in total. The van der Waals surface area contributed by atoms with E-state index in [0.29, 0.717) is 0 Å². The van der Waals surface area contributed by atoms with Gasteiger partial charge in [0.1, 0.15) is 11.5 Å². The van der Waals surface area contributed by atoms with E-state index in [4.69, 9.17) is 9.47 Å². The van der Waals surface area contributed by atoms with Gasteiger partial charge in [-0.1, -0.05) is 17.2 Å². The first-order chi connectivity index (χ1) is 12.0. The third kappa shape index (κ3) is 3.48. The molecule has 2 aromatic carbocycles. The van der Waals surface area contributed by atoms with Crippen molar-refractivity contribution in [2.45, 2.75) is 32.7 Å². The highest BCUT2D eigenvalue weighted by atomic mass is 16.5. The summed E-state index contributed by atoms with van der Waals surface area (Å²) in [5.41, 5.74) is 4.03. The maximum Gasteiger partial charge on any atom is 0.254 e. The van der Waals surface area contributed by atoms with Crippen LogP contribution in [-0.4, -0.2) is 31.6 Å². The van der Waals surface area contributed by atoms with Crippen LogP contribution in [-0.2, 0) is 0 Å². The molecule has 4 heteroatoms. The Morgan fingerprint density at radius 2 is 1.76 bits per heavy atom. The molecule has 1 atom stereocenters. The highest BCUT2D eigenvalue weighted by Crippen LogP contribution is 2.39. The lowest BCUT2D eigenvalue weighted by Gasteiger charge is -2.27. The Balaban J connectivity index is 1.94. The molecule has 0 aromatic heterocycles. The number of carbonyl (C=O) groups excluding carboxylic acids is 1. The normalized spacial score (nSPS) is 16.8. The van der Waals surface area contributed by atoms with Crippen LogP contribution in [0.25, 0.3) is 0 Å². The smallest absolute Gasteiger partial charge is 0.254 e.